The van der Waals surface area contributed by atoms with Crippen molar-refractivity contribution in [1.29, 1.82) is 0 Å². The fraction of sp³-hybridized carbons (Fsp3) is 0.0690. The van der Waals surface area contributed by atoms with Crippen molar-refractivity contribution in [2.45, 2.75) is 25.2 Å². The van der Waals surface area contributed by atoms with Crippen LogP contribution in [0.5, 0.6) is 0 Å². The van der Waals surface area contributed by atoms with Gasteiger partial charge in [0, 0.05) is 38.4 Å². The molecule has 0 radical (unpaired) electrons. The maximum Gasteiger partial charge on any atom is 0.144 e. The second-order valence-electron chi connectivity index (χ2n) is 16.8. The fourth-order valence-electron chi connectivity index (χ4n) is 10.0. The lowest BCUT2D eigenvalue weighted by Gasteiger charge is -2.25. The summed E-state index contributed by atoms with van der Waals surface area (Å²) in [4.78, 5) is 0. The third-order valence-corrected chi connectivity index (χ3v) is 13.0. The quantitative estimate of drug-likeness (QED) is 0.158. The van der Waals surface area contributed by atoms with Crippen molar-refractivity contribution < 1.29 is 8.83 Å². The third kappa shape index (κ3) is 5.34. The Bertz CT molecular complexity index is 3420. The Kier molecular flexibility index (Phi) is 7.68. The molecule has 284 valence electrons. The Labute approximate surface area is 349 Å². The van der Waals surface area contributed by atoms with Gasteiger partial charge >= 0.3 is 0 Å². The van der Waals surface area contributed by atoms with Gasteiger partial charge in [-0.3, -0.25) is 0 Å². The van der Waals surface area contributed by atoms with Crippen molar-refractivity contribution in [2.24, 2.45) is 0 Å². The standard InChI is InChI=1S/C58H40O2/c1-58(2)49-19-11-9-17-44(49)45-31-30-43(33-50(45)58)54(40-25-21-37(22-26-40)36-13-5-3-6-14-36)41-27-23-38(24-28-41)42-29-32-46-48-35-53-56(47-18-10-12-20-51(47)59-53)55(39-15-7-4-8-16-39)57(48)60-52(46)34-42/h3-35,54H,1-2H3. The van der Waals surface area contributed by atoms with E-state index in [1.807, 2.05) is 12.1 Å². The SMILES string of the molecule is CC1(C)c2ccccc2-c2ccc(C(c3ccc(-c4ccccc4)cc3)c3ccc(-c4ccc5c(c4)oc4c(-c6ccccc6)c6c(cc45)oc4ccccc46)cc3)cc21. The van der Waals surface area contributed by atoms with Crippen LogP contribution in [-0.2, 0) is 5.41 Å². The van der Waals surface area contributed by atoms with Gasteiger partial charge < -0.3 is 8.83 Å². The number of hydrogen-bond donors (Lipinski definition) is 0. The second-order valence-corrected chi connectivity index (χ2v) is 16.8. The summed E-state index contributed by atoms with van der Waals surface area (Å²) in [7, 11) is 0. The largest absolute Gasteiger partial charge is 0.456 e. The van der Waals surface area contributed by atoms with Gasteiger partial charge in [-0.1, -0.05) is 190 Å². The monoisotopic (exact) mass is 768 g/mol. The second kappa shape index (κ2) is 13.3. The molecular formula is C58H40O2. The minimum atomic E-state index is -0.0811. The molecule has 2 aromatic heterocycles. The molecule has 2 heterocycles. The molecule has 60 heavy (non-hydrogen) atoms. The van der Waals surface area contributed by atoms with E-state index in [0.29, 0.717) is 0 Å². The summed E-state index contributed by atoms with van der Waals surface area (Å²) in [5, 5.41) is 4.30. The van der Waals surface area contributed by atoms with Crippen molar-refractivity contribution in [3.05, 3.63) is 228 Å². The lowest BCUT2D eigenvalue weighted by molar-refractivity contribution is 0.659. The zero-order chi connectivity index (χ0) is 40.0. The third-order valence-electron chi connectivity index (χ3n) is 13.0. The molecule has 1 aliphatic carbocycles. The zero-order valence-electron chi connectivity index (χ0n) is 33.4. The van der Waals surface area contributed by atoms with Crippen molar-refractivity contribution in [3.63, 3.8) is 0 Å². The molecule has 0 amide bonds. The van der Waals surface area contributed by atoms with E-state index in [9.17, 15) is 0 Å². The van der Waals surface area contributed by atoms with E-state index in [0.717, 1.165) is 66.1 Å². The Morgan fingerprint density at radius 3 is 1.70 bits per heavy atom. The molecule has 9 aromatic carbocycles. The van der Waals surface area contributed by atoms with Gasteiger partial charge in [0.05, 0.1) is 0 Å². The smallest absolute Gasteiger partial charge is 0.144 e. The molecule has 0 bridgehead atoms. The lowest BCUT2D eigenvalue weighted by Crippen LogP contribution is -2.15. The molecule has 11 aromatic rings. The molecule has 0 aliphatic heterocycles. The Balaban J connectivity index is 0.961. The van der Waals surface area contributed by atoms with Gasteiger partial charge in [-0.2, -0.15) is 0 Å². The van der Waals surface area contributed by atoms with Gasteiger partial charge in [0.1, 0.15) is 22.3 Å². The van der Waals surface area contributed by atoms with Gasteiger partial charge in [-0.05, 0) is 91.0 Å². The lowest BCUT2D eigenvalue weighted by atomic mass is 9.79. The van der Waals surface area contributed by atoms with Crippen LogP contribution in [0.2, 0.25) is 0 Å². The number of para-hydroxylation sites is 1. The van der Waals surface area contributed by atoms with Crippen molar-refractivity contribution in [2.75, 3.05) is 0 Å². The fourth-order valence-corrected chi connectivity index (χ4v) is 10.0. The van der Waals surface area contributed by atoms with Crippen LogP contribution < -0.4 is 0 Å². The summed E-state index contributed by atoms with van der Waals surface area (Å²) in [5.74, 6) is 0.0530. The predicted octanol–water partition coefficient (Wildman–Crippen LogP) is 16.0. The van der Waals surface area contributed by atoms with E-state index in [1.165, 1.54) is 50.1 Å². The number of hydrogen-bond acceptors (Lipinski definition) is 2. The zero-order valence-corrected chi connectivity index (χ0v) is 33.4. The molecule has 0 fully saturated rings. The highest BCUT2D eigenvalue weighted by molar-refractivity contribution is 6.23. The van der Waals surface area contributed by atoms with Crippen LogP contribution in [-0.4, -0.2) is 0 Å². The van der Waals surface area contributed by atoms with Crippen LogP contribution in [0.15, 0.2) is 209 Å². The summed E-state index contributed by atoms with van der Waals surface area (Å²) >= 11 is 0. The number of benzene rings is 9. The number of rotatable bonds is 6. The molecule has 2 nitrogen and oxygen atoms in total. The summed E-state index contributed by atoms with van der Waals surface area (Å²) in [6, 6.07) is 72.6. The van der Waals surface area contributed by atoms with Crippen LogP contribution in [0, 0.1) is 0 Å². The van der Waals surface area contributed by atoms with Crippen LogP contribution in [0.4, 0.5) is 0 Å². The van der Waals surface area contributed by atoms with E-state index in [-0.39, 0.29) is 11.3 Å². The van der Waals surface area contributed by atoms with Gasteiger partial charge in [-0.25, -0.2) is 0 Å². The highest BCUT2D eigenvalue weighted by Crippen LogP contribution is 2.50. The van der Waals surface area contributed by atoms with Gasteiger partial charge in [0.25, 0.3) is 0 Å². The van der Waals surface area contributed by atoms with E-state index in [2.05, 4.69) is 202 Å². The predicted molar refractivity (Wildman–Crippen MR) is 249 cm³/mol. The normalized spacial score (nSPS) is 13.6. The van der Waals surface area contributed by atoms with Gasteiger partial charge in [0.15, 0.2) is 0 Å². The molecule has 2 heteroatoms. The van der Waals surface area contributed by atoms with Crippen LogP contribution >= 0.6 is 0 Å². The topological polar surface area (TPSA) is 26.3 Å². The van der Waals surface area contributed by atoms with E-state index in [1.54, 1.807) is 0 Å². The molecule has 1 atom stereocenters. The minimum absolute atomic E-state index is 0.0530. The maximum atomic E-state index is 6.88. The Morgan fingerprint density at radius 1 is 0.367 bits per heavy atom. The Hall–Kier alpha value is -7.42. The molecule has 0 spiro atoms. The molecule has 0 N–H and O–H groups in total. The maximum absolute atomic E-state index is 6.88. The number of furan rings is 2. The average Bonchev–Trinajstić information content (AvgIpc) is 3.93. The molecule has 0 saturated carbocycles. The first kappa shape index (κ1) is 34.6. The average molecular weight is 769 g/mol. The van der Waals surface area contributed by atoms with Gasteiger partial charge in [-0.15, -0.1) is 0 Å². The van der Waals surface area contributed by atoms with E-state index < -0.39 is 0 Å². The summed E-state index contributed by atoms with van der Waals surface area (Å²) in [6.07, 6.45) is 0. The first-order valence-electron chi connectivity index (χ1n) is 20.9. The van der Waals surface area contributed by atoms with Crippen molar-refractivity contribution >= 4 is 43.9 Å². The molecule has 12 rings (SSSR count). The van der Waals surface area contributed by atoms with E-state index >= 15 is 0 Å². The van der Waals surface area contributed by atoms with Crippen LogP contribution in [0.1, 0.15) is 47.6 Å². The van der Waals surface area contributed by atoms with Crippen LogP contribution in [0.25, 0.3) is 88.4 Å². The first-order valence-corrected chi connectivity index (χ1v) is 20.9. The molecule has 1 aliphatic rings. The first-order chi connectivity index (χ1) is 29.5. The Morgan fingerprint density at radius 2 is 0.950 bits per heavy atom. The molecule has 0 saturated heterocycles. The molecular weight excluding hydrogens is 729 g/mol. The number of fused-ring (bicyclic) bond motifs is 9. The van der Waals surface area contributed by atoms with Crippen molar-refractivity contribution in [1.82, 2.24) is 0 Å². The van der Waals surface area contributed by atoms with E-state index in [4.69, 9.17) is 8.83 Å². The highest BCUT2D eigenvalue weighted by atomic mass is 16.3. The highest BCUT2D eigenvalue weighted by Gasteiger charge is 2.36. The minimum Gasteiger partial charge on any atom is -0.456 e. The summed E-state index contributed by atoms with van der Waals surface area (Å²) in [5.41, 5.74) is 19.6. The van der Waals surface area contributed by atoms with Crippen LogP contribution in [0.3, 0.4) is 0 Å². The van der Waals surface area contributed by atoms with Gasteiger partial charge in [0.2, 0.25) is 0 Å². The summed E-state index contributed by atoms with van der Waals surface area (Å²) < 4.78 is 13.3. The summed E-state index contributed by atoms with van der Waals surface area (Å²) in [6.45, 7) is 4.72. The van der Waals surface area contributed by atoms with Crippen molar-refractivity contribution in [3.8, 4) is 44.5 Å². The molecule has 1 unspecified atom stereocenters.